The topological polar surface area (TPSA) is 89.8 Å². The van der Waals surface area contributed by atoms with Gasteiger partial charge in [-0.15, -0.1) is 0 Å². The summed E-state index contributed by atoms with van der Waals surface area (Å²) in [6, 6.07) is -0.704. The third-order valence-corrected chi connectivity index (χ3v) is 9.98. The first kappa shape index (κ1) is 45.3. The van der Waals surface area contributed by atoms with Crippen LogP contribution in [0.25, 0.3) is 0 Å². The van der Waals surface area contributed by atoms with Gasteiger partial charge < -0.3 is 20.6 Å². The van der Waals surface area contributed by atoms with E-state index in [0.29, 0.717) is 12.8 Å². The zero-order valence-electron chi connectivity index (χ0n) is 31.2. The Balaban J connectivity index is 3.56. The van der Waals surface area contributed by atoms with Crippen molar-refractivity contribution in [2.45, 2.75) is 250 Å². The summed E-state index contributed by atoms with van der Waals surface area (Å²) in [6.07, 6.45) is 41.0. The van der Waals surface area contributed by atoms with Crippen molar-refractivity contribution in [1.29, 1.82) is 0 Å². The van der Waals surface area contributed by atoms with Crippen molar-refractivity contribution in [2.24, 2.45) is 0 Å². The SMILES string of the molecule is CCCCCCCCCCCCCCCCCCCCCCCC(O)C(=O)NC(CO)C(O)CCCCCCCCCCCCC. The maximum atomic E-state index is 12.4. The van der Waals surface area contributed by atoms with Crippen LogP contribution in [-0.4, -0.2) is 46.1 Å². The quantitative estimate of drug-likeness (QED) is 0.0499. The molecule has 0 aliphatic rings. The van der Waals surface area contributed by atoms with Gasteiger partial charge in [-0.25, -0.2) is 0 Å². The highest BCUT2D eigenvalue weighted by Gasteiger charge is 2.23. The molecule has 0 aromatic heterocycles. The fraction of sp³-hybridized carbons (Fsp3) is 0.976. The Labute approximate surface area is 287 Å². The summed E-state index contributed by atoms with van der Waals surface area (Å²) < 4.78 is 0. The van der Waals surface area contributed by atoms with Crippen LogP contribution >= 0.6 is 0 Å². The van der Waals surface area contributed by atoms with Crippen LogP contribution in [0, 0.1) is 0 Å². The summed E-state index contributed by atoms with van der Waals surface area (Å²) in [5.74, 6) is -0.467. The molecule has 5 heteroatoms. The minimum Gasteiger partial charge on any atom is -0.394 e. The first-order chi connectivity index (χ1) is 22.6. The summed E-state index contributed by atoms with van der Waals surface area (Å²) in [5.41, 5.74) is 0. The molecule has 0 aliphatic heterocycles. The lowest BCUT2D eigenvalue weighted by Crippen LogP contribution is -2.49. The molecule has 0 heterocycles. The summed E-state index contributed by atoms with van der Waals surface area (Å²) in [5, 5.41) is 33.2. The molecule has 46 heavy (non-hydrogen) atoms. The highest BCUT2D eigenvalue weighted by atomic mass is 16.3. The second kappa shape index (κ2) is 37.2. The van der Waals surface area contributed by atoms with E-state index in [-0.39, 0.29) is 6.61 Å². The number of unbranched alkanes of at least 4 members (excludes halogenated alkanes) is 30. The lowest BCUT2D eigenvalue weighted by atomic mass is 10.0. The molecular weight excluding hydrogens is 570 g/mol. The predicted octanol–water partition coefficient (Wildman–Crippen LogP) is 11.5. The summed E-state index contributed by atoms with van der Waals surface area (Å²) >= 11 is 0. The minimum atomic E-state index is -1.07. The lowest BCUT2D eigenvalue weighted by Gasteiger charge is -2.23. The number of rotatable bonds is 38. The van der Waals surface area contributed by atoms with Gasteiger partial charge in [-0.05, 0) is 12.8 Å². The van der Waals surface area contributed by atoms with Crippen molar-refractivity contribution >= 4 is 5.91 Å². The number of hydrogen-bond acceptors (Lipinski definition) is 4. The second-order valence-corrected chi connectivity index (χ2v) is 14.6. The highest BCUT2D eigenvalue weighted by molar-refractivity contribution is 5.80. The minimum absolute atomic E-state index is 0.309. The van der Waals surface area contributed by atoms with Crippen LogP contribution in [0.5, 0.6) is 0 Å². The standard InChI is InChI=1S/C41H83NO4/c1-3-5-7-9-11-13-15-16-17-18-19-20-21-22-23-24-26-28-30-32-34-36-40(45)41(46)42-38(37-43)39(44)35-33-31-29-27-25-14-12-10-8-6-4-2/h38-40,43-45H,3-37H2,1-2H3,(H,42,46). The van der Waals surface area contributed by atoms with Crippen LogP contribution < -0.4 is 5.32 Å². The average Bonchev–Trinajstić information content (AvgIpc) is 3.06. The van der Waals surface area contributed by atoms with Crippen LogP contribution in [0.3, 0.4) is 0 Å². The molecule has 276 valence electrons. The van der Waals surface area contributed by atoms with Crippen molar-refractivity contribution in [1.82, 2.24) is 5.32 Å². The number of amides is 1. The molecule has 5 nitrogen and oxygen atoms in total. The van der Waals surface area contributed by atoms with Crippen molar-refractivity contribution < 1.29 is 20.1 Å². The summed E-state index contributed by atoms with van der Waals surface area (Å²) in [4.78, 5) is 12.4. The molecule has 0 bridgehead atoms. The highest BCUT2D eigenvalue weighted by Crippen LogP contribution is 2.17. The van der Waals surface area contributed by atoms with E-state index in [0.717, 1.165) is 32.1 Å². The van der Waals surface area contributed by atoms with E-state index in [4.69, 9.17) is 0 Å². The Morgan fingerprint density at radius 3 is 0.978 bits per heavy atom. The third-order valence-electron chi connectivity index (χ3n) is 9.98. The van der Waals surface area contributed by atoms with E-state index in [1.54, 1.807) is 0 Å². The zero-order chi connectivity index (χ0) is 33.8. The molecule has 0 aliphatic carbocycles. The van der Waals surface area contributed by atoms with E-state index < -0.39 is 24.2 Å². The van der Waals surface area contributed by atoms with Crippen LogP contribution in [0.4, 0.5) is 0 Å². The molecule has 0 spiro atoms. The zero-order valence-corrected chi connectivity index (χ0v) is 31.2. The number of aliphatic hydroxyl groups is 3. The van der Waals surface area contributed by atoms with Gasteiger partial charge >= 0.3 is 0 Å². The normalized spacial score (nSPS) is 13.6. The Hall–Kier alpha value is -0.650. The summed E-state index contributed by atoms with van der Waals surface area (Å²) in [6.45, 7) is 4.23. The van der Waals surface area contributed by atoms with E-state index in [1.165, 1.54) is 173 Å². The largest absolute Gasteiger partial charge is 0.394 e. The molecule has 0 aromatic carbocycles. The van der Waals surface area contributed by atoms with Crippen LogP contribution in [0.2, 0.25) is 0 Å². The van der Waals surface area contributed by atoms with Gasteiger partial charge in [-0.3, -0.25) is 4.79 Å². The van der Waals surface area contributed by atoms with Crippen molar-refractivity contribution in [2.75, 3.05) is 6.61 Å². The second-order valence-electron chi connectivity index (χ2n) is 14.6. The molecule has 0 radical (unpaired) electrons. The molecule has 0 fully saturated rings. The molecule has 0 aromatic rings. The Bertz CT molecular complexity index is 601. The third kappa shape index (κ3) is 31.9. The van der Waals surface area contributed by atoms with Crippen molar-refractivity contribution in [3.8, 4) is 0 Å². The van der Waals surface area contributed by atoms with Crippen molar-refractivity contribution in [3.05, 3.63) is 0 Å². The van der Waals surface area contributed by atoms with Gasteiger partial charge in [0.15, 0.2) is 0 Å². The number of hydrogen-bond donors (Lipinski definition) is 4. The fourth-order valence-electron chi connectivity index (χ4n) is 6.66. The molecule has 4 N–H and O–H groups in total. The van der Waals surface area contributed by atoms with Gasteiger partial charge in [-0.2, -0.15) is 0 Å². The van der Waals surface area contributed by atoms with E-state index >= 15 is 0 Å². The number of aliphatic hydroxyl groups excluding tert-OH is 3. The molecule has 0 saturated carbocycles. The maximum absolute atomic E-state index is 12.4. The first-order valence-electron chi connectivity index (χ1n) is 20.8. The molecule has 0 rings (SSSR count). The molecule has 0 saturated heterocycles. The van der Waals surface area contributed by atoms with Crippen molar-refractivity contribution in [3.63, 3.8) is 0 Å². The number of nitrogens with one attached hydrogen (secondary N) is 1. The van der Waals surface area contributed by atoms with Gasteiger partial charge in [0.1, 0.15) is 6.10 Å². The maximum Gasteiger partial charge on any atom is 0.249 e. The molecule has 3 unspecified atom stereocenters. The van der Waals surface area contributed by atoms with Crippen LogP contribution in [0.1, 0.15) is 232 Å². The predicted molar refractivity (Wildman–Crippen MR) is 199 cm³/mol. The summed E-state index contributed by atoms with van der Waals surface area (Å²) in [7, 11) is 0. The first-order valence-corrected chi connectivity index (χ1v) is 20.8. The molecule has 3 atom stereocenters. The Kier molecular flexibility index (Phi) is 36.6. The number of carbonyl (C=O) groups is 1. The molecule has 1 amide bonds. The fourth-order valence-corrected chi connectivity index (χ4v) is 6.66. The van der Waals surface area contributed by atoms with E-state index in [1.807, 2.05) is 0 Å². The average molecular weight is 654 g/mol. The van der Waals surface area contributed by atoms with Gasteiger partial charge in [0, 0.05) is 0 Å². The lowest BCUT2D eigenvalue weighted by molar-refractivity contribution is -0.131. The smallest absolute Gasteiger partial charge is 0.249 e. The monoisotopic (exact) mass is 654 g/mol. The van der Waals surface area contributed by atoms with Crippen LogP contribution in [-0.2, 0) is 4.79 Å². The Morgan fingerprint density at radius 2 is 0.696 bits per heavy atom. The van der Waals surface area contributed by atoms with E-state index in [9.17, 15) is 20.1 Å². The van der Waals surface area contributed by atoms with E-state index in [2.05, 4.69) is 19.2 Å². The van der Waals surface area contributed by atoms with Gasteiger partial charge in [0.2, 0.25) is 5.91 Å². The van der Waals surface area contributed by atoms with Gasteiger partial charge in [0.25, 0.3) is 0 Å². The van der Waals surface area contributed by atoms with Crippen LogP contribution in [0.15, 0.2) is 0 Å². The number of carbonyl (C=O) groups excluding carboxylic acids is 1. The molecular formula is C41H83NO4. The van der Waals surface area contributed by atoms with Gasteiger partial charge in [0.05, 0.1) is 18.8 Å². The Morgan fingerprint density at radius 1 is 0.435 bits per heavy atom. The van der Waals surface area contributed by atoms with Gasteiger partial charge in [-0.1, -0.05) is 219 Å².